The van der Waals surface area contributed by atoms with Crippen LogP contribution in [0, 0.1) is 0 Å². The molecule has 6 nitrogen and oxygen atoms in total. The Balaban J connectivity index is 1.62. The molecular weight excluding hydrogens is 334 g/mol. The van der Waals surface area contributed by atoms with Gasteiger partial charge in [0.15, 0.2) is 5.65 Å². The molecule has 0 aromatic carbocycles. The second-order valence-electron chi connectivity index (χ2n) is 4.42. The maximum Gasteiger partial charge on any atom is 0.251 e. The van der Waals surface area contributed by atoms with E-state index in [0.717, 1.165) is 11.5 Å². The van der Waals surface area contributed by atoms with Crippen LogP contribution in [0.5, 0.6) is 0 Å². The molecule has 0 spiro atoms. The van der Waals surface area contributed by atoms with Crippen LogP contribution in [0.1, 0.15) is 16.2 Å². The minimum atomic E-state index is -0.132. The van der Waals surface area contributed by atoms with E-state index in [2.05, 4.69) is 36.4 Å². The molecule has 0 unspecified atom stereocenters. The number of nitrogens with zero attached hydrogens (tertiary/aromatic N) is 4. The summed E-state index contributed by atoms with van der Waals surface area (Å²) in [6.45, 7) is 0.495. The van der Waals surface area contributed by atoms with Crippen LogP contribution in [0.25, 0.3) is 5.65 Å². The van der Waals surface area contributed by atoms with E-state index < -0.39 is 0 Å². The molecule has 3 rings (SSSR count). The molecule has 0 aliphatic carbocycles. The van der Waals surface area contributed by atoms with Crippen molar-refractivity contribution in [2.75, 3.05) is 6.54 Å². The molecule has 1 N–H and O–H groups in total. The van der Waals surface area contributed by atoms with Crippen LogP contribution in [0.3, 0.4) is 0 Å². The van der Waals surface area contributed by atoms with Gasteiger partial charge in [-0.15, -0.1) is 10.2 Å². The molecule has 3 aromatic rings. The van der Waals surface area contributed by atoms with Crippen LogP contribution in [-0.2, 0) is 6.42 Å². The number of carbonyl (C=O) groups excluding carboxylic acids is 1. The first kappa shape index (κ1) is 13.7. The molecule has 0 radical (unpaired) electrons. The van der Waals surface area contributed by atoms with Gasteiger partial charge in [-0.05, 0) is 40.2 Å². The molecule has 106 valence electrons. The second kappa shape index (κ2) is 6.01. The van der Waals surface area contributed by atoms with Crippen molar-refractivity contribution in [1.29, 1.82) is 0 Å². The Kier molecular flexibility index (Phi) is 3.92. The van der Waals surface area contributed by atoms with Gasteiger partial charge in [-0.2, -0.15) is 0 Å². The Hall–Kier alpha value is -2.28. The van der Waals surface area contributed by atoms with Gasteiger partial charge in [-0.3, -0.25) is 9.20 Å². The van der Waals surface area contributed by atoms with Crippen molar-refractivity contribution in [1.82, 2.24) is 24.9 Å². The third kappa shape index (κ3) is 3.08. The fraction of sp³-hybridized carbons (Fsp3) is 0.143. The normalized spacial score (nSPS) is 10.7. The highest BCUT2D eigenvalue weighted by Gasteiger charge is 2.08. The molecule has 7 heteroatoms. The van der Waals surface area contributed by atoms with Crippen LogP contribution in [-0.4, -0.2) is 32.0 Å². The molecule has 0 fully saturated rings. The Morgan fingerprint density at radius 3 is 3.05 bits per heavy atom. The van der Waals surface area contributed by atoms with E-state index in [9.17, 15) is 4.79 Å². The van der Waals surface area contributed by atoms with Gasteiger partial charge in [0.1, 0.15) is 10.4 Å². The van der Waals surface area contributed by atoms with Crippen molar-refractivity contribution in [2.24, 2.45) is 0 Å². The van der Waals surface area contributed by atoms with E-state index in [-0.39, 0.29) is 5.91 Å². The average molecular weight is 346 g/mol. The molecule has 0 atom stereocenters. The third-order valence-corrected chi connectivity index (χ3v) is 3.44. The number of hydrogen-bond donors (Lipinski definition) is 1. The van der Waals surface area contributed by atoms with E-state index in [4.69, 9.17) is 0 Å². The second-order valence-corrected chi connectivity index (χ2v) is 5.23. The lowest BCUT2D eigenvalue weighted by Crippen LogP contribution is -2.26. The van der Waals surface area contributed by atoms with E-state index in [0.29, 0.717) is 23.1 Å². The Morgan fingerprint density at radius 2 is 2.19 bits per heavy atom. The van der Waals surface area contributed by atoms with Gasteiger partial charge in [0, 0.05) is 30.9 Å². The highest BCUT2D eigenvalue weighted by atomic mass is 79.9. The van der Waals surface area contributed by atoms with Crippen molar-refractivity contribution >= 4 is 27.5 Å². The smallest absolute Gasteiger partial charge is 0.251 e. The lowest BCUT2D eigenvalue weighted by molar-refractivity contribution is 0.0954. The highest BCUT2D eigenvalue weighted by molar-refractivity contribution is 9.10. The molecule has 0 saturated carbocycles. The minimum absolute atomic E-state index is 0.132. The summed E-state index contributed by atoms with van der Waals surface area (Å²) in [5, 5.41) is 11.1. The predicted molar refractivity (Wildman–Crippen MR) is 81.0 cm³/mol. The van der Waals surface area contributed by atoms with Crippen molar-refractivity contribution in [3.05, 3.63) is 58.7 Å². The van der Waals surface area contributed by atoms with Crippen molar-refractivity contribution in [3.63, 3.8) is 0 Å². The van der Waals surface area contributed by atoms with Gasteiger partial charge in [-0.25, -0.2) is 4.98 Å². The summed E-state index contributed by atoms with van der Waals surface area (Å²) >= 11 is 3.24. The number of aromatic nitrogens is 4. The molecule has 21 heavy (non-hydrogen) atoms. The van der Waals surface area contributed by atoms with Crippen molar-refractivity contribution in [3.8, 4) is 0 Å². The SMILES string of the molecule is O=C(NCCc1nnc2ccccn12)c1ccnc(Br)c1. The van der Waals surface area contributed by atoms with Crippen LogP contribution in [0.2, 0.25) is 0 Å². The minimum Gasteiger partial charge on any atom is -0.352 e. The predicted octanol–water partition coefficient (Wildman–Crippen LogP) is 1.86. The van der Waals surface area contributed by atoms with Gasteiger partial charge >= 0.3 is 0 Å². The summed E-state index contributed by atoms with van der Waals surface area (Å²) in [7, 11) is 0. The number of amides is 1. The first-order valence-corrected chi connectivity index (χ1v) is 7.22. The molecule has 0 aliphatic rings. The maximum absolute atomic E-state index is 12.0. The van der Waals surface area contributed by atoms with Gasteiger partial charge in [-0.1, -0.05) is 6.07 Å². The monoisotopic (exact) mass is 345 g/mol. The number of halogens is 1. The van der Waals surface area contributed by atoms with E-state index in [1.807, 2.05) is 28.8 Å². The first-order chi connectivity index (χ1) is 10.2. The summed E-state index contributed by atoms with van der Waals surface area (Å²) in [6.07, 6.45) is 4.11. The standard InChI is InChI=1S/C14H12BrN5O/c15-11-9-10(4-6-16-11)14(21)17-7-5-13-19-18-12-3-1-2-8-20(12)13/h1-4,6,8-9H,5,7H2,(H,17,21). The van der Waals surface area contributed by atoms with Crippen molar-refractivity contribution < 1.29 is 4.79 Å². The molecule has 0 bridgehead atoms. The fourth-order valence-corrected chi connectivity index (χ4v) is 2.36. The molecular formula is C14H12BrN5O. The van der Waals surface area contributed by atoms with Crippen LogP contribution in [0.4, 0.5) is 0 Å². The molecule has 3 heterocycles. The Labute approximate surface area is 129 Å². The zero-order valence-corrected chi connectivity index (χ0v) is 12.6. The zero-order valence-electron chi connectivity index (χ0n) is 11.0. The number of nitrogens with one attached hydrogen (secondary N) is 1. The highest BCUT2D eigenvalue weighted by Crippen LogP contribution is 2.08. The van der Waals surface area contributed by atoms with Crippen LogP contribution >= 0.6 is 15.9 Å². The summed E-state index contributed by atoms with van der Waals surface area (Å²) < 4.78 is 2.55. The van der Waals surface area contributed by atoms with Crippen LogP contribution < -0.4 is 5.32 Å². The molecule has 0 aliphatic heterocycles. The molecule has 1 amide bonds. The van der Waals surface area contributed by atoms with Crippen molar-refractivity contribution in [2.45, 2.75) is 6.42 Å². The number of hydrogen-bond acceptors (Lipinski definition) is 4. The van der Waals surface area contributed by atoms with Gasteiger partial charge < -0.3 is 5.32 Å². The number of fused-ring (bicyclic) bond motifs is 1. The first-order valence-electron chi connectivity index (χ1n) is 6.42. The van der Waals surface area contributed by atoms with E-state index in [1.165, 1.54) is 0 Å². The van der Waals surface area contributed by atoms with Gasteiger partial charge in [0.2, 0.25) is 0 Å². The largest absolute Gasteiger partial charge is 0.352 e. The van der Waals surface area contributed by atoms with Crippen LogP contribution in [0.15, 0.2) is 47.3 Å². The lowest BCUT2D eigenvalue weighted by atomic mass is 10.2. The molecule has 0 saturated heterocycles. The summed E-state index contributed by atoms with van der Waals surface area (Å²) in [6, 6.07) is 9.09. The Bertz CT molecular complexity index is 786. The zero-order chi connectivity index (χ0) is 14.7. The lowest BCUT2D eigenvalue weighted by Gasteiger charge is -2.04. The number of carbonyl (C=O) groups is 1. The van der Waals surface area contributed by atoms with E-state index in [1.54, 1.807) is 18.3 Å². The number of pyridine rings is 2. The fourth-order valence-electron chi connectivity index (χ4n) is 2.00. The molecule has 3 aromatic heterocycles. The topological polar surface area (TPSA) is 72.2 Å². The quantitative estimate of drug-likeness (QED) is 0.732. The Morgan fingerprint density at radius 1 is 1.29 bits per heavy atom. The third-order valence-electron chi connectivity index (χ3n) is 3.01. The van der Waals surface area contributed by atoms with Gasteiger partial charge in [0.05, 0.1) is 0 Å². The summed E-state index contributed by atoms with van der Waals surface area (Å²) in [4.78, 5) is 16.0. The average Bonchev–Trinajstić information content (AvgIpc) is 2.91. The maximum atomic E-state index is 12.0. The summed E-state index contributed by atoms with van der Waals surface area (Å²) in [5.41, 5.74) is 1.37. The van der Waals surface area contributed by atoms with E-state index >= 15 is 0 Å². The summed E-state index contributed by atoms with van der Waals surface area (Å²) in [5.74, 6) is 0.689. The number of rotatable bonds is 4. The van der Waals surface area contributed by atoms with Gasteiger partial charge in [0.25, 0.3) is 5.91 Å².